The summed E-state index contributed by atoms with van der Waals surface area (Å²) >= 11 is 5.76. The average molecular weight is 517 g/mol. The molecule has 5 aromatic rings. The Kier molecular flexibility index (Phi) is 5.83. The van der Waals surface area contributed by atoms with Crippen LogP contribution in [0.3, 0.4) is 0 Å². The molecule has 0 saturated carbocycles. The van der Waals surface area contributed by atoms with Gasteiger partial charge in [0.25, 0.3) is 5.89 Å². The van der Waals surface area contributed by atoms with Gasteiger partial charge in [0, 0.05) is 29.9 Å². The Morgan fingerprint density at radius 2 is 1.53 bits per heavy atom. The summed E-state index contributed by atoms with van der Waals surface area (Å²) in [5, 5.41) is 3.89. The summed E-state index contributed by atoms with van der Waals surface area (Å²) in [6.45, 7) is 0. The van der Waals surface area contributed by atoms with E-state index >= 15 is 0 Å². The van der Waals surface area contributed by atoms with Crippen LogP contribution < -0.4 is 0 Å². The first-order chi connectivity index (χ1) is 17.1. The number of nitrogens with zero attached hydrogens (tertiary/aromatic N) is 4. The molecule has 182 valence electrons. The van der Waals surface area contributed by atoms with E-state index in [2.05, 4.69) is 15.1 Å². The Bertz CT molecular complexity index is 1570. The van der Waals surface area contributed by atoms with Gasteiger partial charge in [-0.1, -0.05) is 47.1 Å². The molecule has 5 nitrogen and oxygen atoms in total. The highest BCUT2D eigenvalue weighted by atomic mass is 35.5. The molecule has 0 atom stereocenters. The van der Waals surface area contributed by atoms with Crippen LogP contribution in [0.15, 0.2) is 71.4 Å². The van der Waals surface area contributed by atoms with Crippen molar-refractivity contribution in [3.63, 3.8) is 0 Å². The molecule has 0 aliphatic heterocycles. The summed E-state index contributed by atoms with van der Waals surface area (Å²) in [6, 6.07) is 14.4. The van der Waals surface area contributed by atoms with Gasteiger partial charge in [-0.2, -0.15) is 18.2 Å². The minimum absolute atomic E-state index is 0.0679. The molecule has 0 N–H and O–H groups in total. The average Bonchev–Trinajstić information content (AvgIpc) is 3.48. The van der Waals surface area contributed by atoms with Crippen LogP contribution in [0.2, 0.25) is 5.02 Å². The molecule has 0 unspecified atom stereocenters. The zero-order chi connectivity index (χ0) is 25.6. The molecule has 0 aliphatic rings. The van der Waals surface area contributed by atoms with Gasteiger partial charge in [-0.15, -0.1) is 0 Å². The third-order valence-corrected chi connectivity index (χ3v) is 5.74. The molecular weight excluding hydrogens is 503 g/mol. The highest BCUT2D eigenvalue weighted by Gasteiger charge is 2.34. The molecule has 0 spiro atoms. The largest absolute Gasteiger partial charge is 0.434 e. The standard InChI is InChI=1S/C25H14ClF5N4O/c1-35-12-21(25(29,30)31)32-23(35)14-4-2-13(3-5-14)22-33-24(36-34-22)17-8-7-16(27)11-18(17)15-6-9-19(26)20(28)10-15/h2-12H,1H3. The molecule has 0 aliphatic carbocycles. The van der Waals surface area contributed by atoms with Crippen molar-refractivity contribution in [2.45, 2.75) is 6.18 Å². The predicted octanol–water partition coefficient (Wildman–Crippen LogP) is 7.42. The summed E-state index contributed by atoms with van der Waals surface area (Å²) in [5.41, 5.74) is 1.07. The van der Waals surface area contributed by atoms with Crippen molar-refractivity contribution in [2.75, 3.05) is 0 Å². The normalized spacial score (nSPS) is 11.8. The molecule has 0 saturated heterocycles. The fourth-order valence-corrected chi connectivity index (χ4v) is 3.81. The van der Waals surface area contributed by atoms with Crippen molar-refractivity contribution in [3.8, 4) is 45.4 Å². The van der Waals surface area contributed by atoms with E-state index in [0.717, 1.165) is 6.20 Å². The molecule has 0 bridgehead atoms. The van der Waals surface area contributed by atoms with Crippen LogP contribution in [0.25, 0.3) is 45.4 Å². The van der Waals surface area contributed by atoms with E-state index in [-0.39, 0.29) is 22.6 Å². The predicted molar refractivity (Wildman–Crippen MR) is 123 cm³/mol. The van der Waals surface area contributed by atoms with Gasteiger partial charge in [0.15, 0.2) is 5.69 Å². The minimum Gasteiger partial charge on any atom is -0.334 e. The smallest absolute Gasteiger partial charge is 0.334 e. The Morgan fingerprint density at radius 1 is 0.833 bits per heavy atom. The number of alkyl halides is 3. The second-order valence-corrected chi connectivity index (χ2v) is 8.28. The first-order valence-corrected chi connectivity index (χ1v) is 10.8. The lowest BCUT2D eigenvalue weighted by Gasteiger charge is -2.07. The van der Waals surface area contributed by atoms with Crippen molar-refractivity contribution in [2.24, 2.45) is 7.05 Å². The molecule has 0 radical (unpaired) electrons. The van der Waals surface area contributed by atoms with E-state index in [1.54, 1.807) is 30.3 Å². The molecule has 2 heterocycles. The number of imidazole rings is 1. The zero-order valence-electron chi connectivity index (χ0n) is 18.3. The van der Waals surface area contributed by atoms with Gasteiger partial charge in [0.1, 0.15) is 17.5 Å². The van der Waals surface area contributed by atoms with Crippen molar-refractivity contribution in [3.05, 3.63) is 89.2 Å². The topological polar surface area (TPSA) is 56.7 Å². The second-order valence-electron chi connectivity index (χ2n) is 7.88. The van der Waals surface area contributed by atoms with E-state index in [4.69, 9.17) is 16.1 Å². The van der Waals surface area contributed by atoms with Crippen LogP contribution in [-0.2, 0) is 13.2 Å². The van der Waals surface area contributed by atoms with Crippen molar-refractivity contribution in [1.82, 2.24) is 19.7 Å². The van der Waals surface area contributed by atoms with Gasteiger partial charge < -0.3 is 9.09 Å². The van der Waals surface area contributed by atoms with Crippen LogP contribution in [0.5, 0.6) is 0 Å². The van der Waals surface area contributed by atoms with E-state index in [9.17, 15) is 22.0 Å². The van der Waals surface area contributed by atoms with Crippen molar-refractivity contribution >= 4 is 11.6 Å². The van der Waals surface area contributed by atoms with Gasteiger partial charge in [0.05, 0.1) is 5.02 Å². The van der Waals surface area contributed by atoms with Gasteiger partial charge in [-0.25, -0.2) is 13.8 Å². The Hall–Kier alpha value is -4.05. The number of rotatable bonds is 4. The molecule has 0 fully saturated rings. The molecule has 5 rings (SSSR count). The maximum Gasteiger partial charge on any atom is 0.434 e. The first kappa shape index (κ1) is 23.7. The maximum atomic E-state index is 14.0. The van der Waals surface area contributed by atoms with E-state index in [1.807, 2.05) is 0 Å². The Labute approximate surface area is 205 Å². The number of halogens is 6. The third kappa shape index (κ3) is 4.47. The zero-order valence-corrected chi connectivity index (χ0v) is 19.1. The van der Waals surface area contributed by atoms with Gasteiger partial charge in [-0.3, -0.25) is 0 Å². The van der Waals surface area contributed by atoms with Crippen LogP contribution in [0.4, 0.5) is 22.0 Å². The highest BCUT2D eigenvalue weighted by Crippen LogP contribution is 2.35. The van der Waals surface area contributed by atoms with E-state index in [1.165, 1.54) is 41.9 Å². The number of hydrogen-bond acceptors (Lipinski definition) is 4. The summed E-state index contributed by atoms with van der Waals surface area (Å²) in [5.74, 6) is -0.787. The molecule has 36 heavy (non-hydrogen) atoms. The van der Waals surface area contributed by atoms with Gasteiger partial charge >= 0.3 is 6.18 Å². The first-order valence-electron chi connectivity index (χ1n) is 10.4. The molecular formula is C25H14ClF5N4O. The fourth-order valence-electron chi connectivity index (χ4n) is 3.70. The number of aromatic nitrogens is 4. The number of aryl methyl sites for hydroxylation is 1. The summed E-state index contributed by atoms with van der Waals surface area (Å²) < 4.78 is 73.6. The number of benzene rings is 3. The van der Waals surface area contributed by atoms with Gasteiger partial charge in [-0.05, 0) is 41.5 Å². The monoisotopic (exact) mass is 516 g/mol. The summed E-state index contributed by atoms with van der Waals surface area (Å²) in [4.78, 5) is 8.05. The van der Waals surface area contributed by atoms with Crippen molar-refractivity contribution in [1.29, 1.82) is 0 Å². The minimum atomic E-state index is -4.55. The van der Waals surface area contributed by atoms with E-state index < -0.39 is 23.5 Å². The third-order valence-electron chi connectivity index (χ3n) is 5.44. The fraction of sp³-hybridized carbons (Fsp3) is 0.0800. The van der Waals surface area contributed by atoms with Gasteiger partial charge in [0.2, 0.25) is 5.82 Å². The summed E-state index contributed by atoms with van der Waals surface area (Å²) in [6.07, 6.45) is -3.63. The maximum absolute atomic E-state index is 14.0. The quantitative estimate of drug-likeness (QED) is 0.233. The number of hydrogen-bond donors (Lipinski definition) is 0. The molecule has 0 amide bonds. The van der Waals surface area contributed by atoms with Crippen LogP contribution >= 0.6 is 11.6 Å². The van der Waals surface area contributed by atoms with E-state index in [0.29, 0.717) is 27.8 Å². The van der Waals surface area contributed by atoms with Crippen LogP contribution in [0, 0.1) is 11.6 Å². The van der Waals surface area contributed by atoms with Crippen LogP contribution in [0.1, 0.15) is 5.69 Å². The Balaban J connectivity index is 1.47. The van der Waals surface area contributed by atoms with Crippen LogP contribution in [-0.4, -0.2) is 19.7 Å². The summed E-state index contributed by atoms with van der Waals surface area (Å²) in [7, 11) is 1.48. The van der Waals surface area contributed by atoms with Crippen molar-refractivity contribution < 1.29 is 26.5 Å². The lowest BCUT2D eigenvalue weighted by molar-refractivity contribution is -0.140. The molecule has 3 aromatic carbocycles. The Morgan fingerprint density at radius 3 is 2.19 bits per heavy atom. The molecule has 2 aromatic heterocycles. The lowest BCUT2D eigenvalue weighted by atomic mass is 9.99. The second kappa shape index (κ2) is 8.87. The molecule has 11 heteroatoms. The SMILES string of the molecule is Cn1cc(C(F)(F)F)nc1-c1ccc(-c2noc(-c3ccc(F)cc3-c3ccc(Cl)c(F)c3)n2)cc1. The lowest BCUT2D eigenvalue weighted by Crippen LogP contribution is -2.04. The highest BCUT2D eigenvalue weighted by molar-refractivity contribution is 6.30.